The van der Waals surface area contributed by atoms with Gasteiger partial charge in [-0.25, -0.2) is 0 Å². The number of likely N-dealkylation sites (tertiary alicyclic amines) is 1. The Morgan fingerprint density at radius 1 is 1.16 bits per heavy atom. The molecule has 0 aromatic heterocycles. The maximum atomic E-state index is 10.6. The standard InChI is InChI=1S/C16H34N2O/c1-6-16(19,7-2)13-18-11-9-8-10-14(18)12-17-15(3,4)5/h14,17,19H,6-13H2,1-5H3. The number of aliphatic hydroxyl groups is 1. The molecule has 1 aliphatic heterocycles. The van der Waals surface area contributed by atoms with Crippen LogP contribution in [0.1, 0.15) is 66.7 Å². The third-order valence-electron chi connectivity index (χ3n) is 4.43. The van der Waals surface area contributed by atoms with Crippen molar-refractivity contribution in [2.24, 2.45) is 0 Å². The minimum atomic E-state index is -0.503. The summed E-state index contributed by atoms with van der Waals surface area (Å²) in [5, 5.41) is 14.2. The van der Waals surface area contributed by atoms with Crippen LogP contribution in [0.25, 0.3) is 0 Å². The lowest BCUT2D eigenvalue weighted by Gasteiger charge is -2.41. The maximum Gasteiger partial charge on any atom is 0.0769 e. The van der Waals surface area contributed by atoms with Gasteiger partial charge in [0.2, 0.25) is 0 Å². The largest absolute Gasteiger partial charge is 0.389 e. The van der Waals surface area contributed by atoms with Crippen LogP contribution in [0.4, 0.5) is 0 Å². The summed E-state index contributed by atoms with van der Waals surface area (Å²) in [4.78, 5) is 2.51. The zero-order valence-electron chi connectivity index (χ0n) is 13.6. The first kappa shape index (κ1) is 16.9. The normalized spacial score (nSPS) is 22.7. The first-order valence-corrected chi connectivity index (χ1v) is 8.01. The van der Waals surface area contributed by atoms with Gasteiger partial charge in [-0.1, -0.05) is 20.3 Å². The lowest BCUT2D eigenvalue weighted by atomic mass is 9.93. The molecule has 1 atom stereocenters. The molecule has 0 aromatic carbocycles. The summed E-state index contributed by atoms with van der Waals surface area (Å²) in [7, 11) is 0. The smallest absolute Gasteiger partial charge is 0.0769 e. The van der Waals surface area contributed by atoms with E-state index in [-0.39, 0.29) is 5.54 Å². The molecule has 1 heterocycles. The second-order valence-electron chi connectivity index (χ2n) is 7.18. The molecule has 0 aromatic rings. The van der Waals surface area contributed by atoms with E-state index in [2.05, 4.69) is 44.8 Å². The fraction of sp³-hybridized carbons (Fsp3) is 1.00. The predicted octanol–water partition coefficient (Wildman–Crippen LogP) is 2.78. The molecule has 0 spiro atoms. The van der Waals surface area contributed by atoms with Crippen molar-refractivity contribution in [2.75, 3.05) is 19.6 Å². The second-order valence-corrected chi connectivity index (χ2v) is 7.18. The van der Waals surface area contributed by atoms with E-state index in [0.29, 0.717) is 6.04 Å². The lowest BCUT2D eigenvalue weighted by Crippen LogP contribution is -2.54. The molecule has 1 aliphatic rings. The van der Waals surface area contributed by atoms with E-state index in [9.17, 15) is 5.11 Å². The molecule has 19 heavy (non-hydrogen) atoms. The van der Waals surface area contributed by atoms with Gasteiger partial charge in [-0.05, 0) is 53.0 Å². The Hall–Kier alpha value is -0.120. The van der Waals surface area contributed by atoms with Gasteiger partial charge in [0.1, 0.15) is 0 Å². The Kier molecular flexibility index (Phi) is 6.28. The van der Waals surface area contributed by atoms with Crippen molar-refractivity contribution in [2.45, 2.75) is 83.9 Å². The fourth-order valence-corrected chi connectivity index (χ4v) is 2.77. The van der Waals surface area contributed by atoms with Gasteiger partial charge in [0.15, 0.2) is 0 Å². The Balaban J connectivity index is 2.57. The molecule has 114 valence electrons. The molecule has 0 bridgehead atoms. The van der Waals surface area contributed by atoms with Gasteiger partial charge in [-0.2, -0.15) is 0 Å². The molecule has 1 unspecified atom stereocenters. The van der Waals surface area contributed by atoms with Gasteiger partial charge in [-0.3, -0.25) is 4.90 Å². The summed E-state index contributed by atoms with van der Waals surface area (Å²) in [6, 6.07) is 0.581. The quantitative estimate of drug-likeness (QED) is 0.779. The average Bonchev–Trinajstić information content (AvgIpc) is 2.36. The van der Waals surface area contributed by atoms with Crippen molar-refractivity contribution in [3.8, 4) is 0 Å². The van der Waals surface area contributed by atoms with Crippen molar-refractivity contribution in [1.82, 2.24) is 10.2 Å². The van der Waals surface area contributed by atoms with E-state index >= 15 is 0 Å². The summed E-state index contributed by atoms with van der Waals surface area (Å²) in [6.07, 6.45) is 5.55. The number of rotatable bonds is 6. The Morgan fingerprint density at radius 3 is 2.32 bits per heavy atom. The highest BCUT2D eigenvalue weighted by molar-refractivity contribution is 4.87. The highest BCUT2D eigenvalue weighted by atomic mass is 16.3. The molecular formula is C16H34N2O. The van der Waals surface area contributed by atoms with Crippen molar-refractivity contribution in [3.63, 3.8) is 0 Å². The summed E-state index contributed by atoms with van der Waals surface area (Å²) in [5.41, 5.74) is -0.327. The van der Waals surface area contributed by atoms with E-state index in [4.69, 9.17) is 0 Å². The summed E-state index contributed by atoms with van der Waals surface area (Å²) < 4.78 is 0. The molecule has 3 nitrogen and oxygen atoms in total. The molecule has 1 rings (SSSR count). The third-order valence-corrected chi connectivity index (χ3v) is 4.43. The average molecular weight is 270 g/mol. The summed E-state index contributed by atoms with van der Waals surface area (Å²) in [5.74, 6) is 0. The van der Waals surface area contributed by atoms with Crippen LogP contribution in [0, 0.1) is 0 Å². The zero-order valence-corrected chi connectivity index (χ0v) is 13.6. The van der Waals surface area contributed by atoms with E-state index in [1.807, 2.05) is 0 Å². The van der Waals surface area contributed by atoms with Crippen LogP contribution < -0.4 is 5.32 Å². The molecule has 1 fully saturated rings. The summed E-state index contributed by atoms with van der Waals surface area (Å²) >= 11 is 0. The van der Waals surface area contributed by atoms with E-state index in [0.717, 1.165) is 32.5 Å². The van der Waals surface area contributed by atoms with Gasteiger partial charge in [-0.15, -0.1) is 0 Å². The minimum Gasteiger partial charge on any atom is -0.389 e. The van der Waals surface area contributed by atoms with E-state index in [1.165, 1.54) is 19.3 Å². The Morgan fingerprint density at radius 2 is 1.79 bits per heavy atom. The van der Waals surface area contributed by atoms with Crippen LogP contribution in [0.3, 0.4) is 0 Å². The van der Waals surface area contributed by atoms with Crippen molar-refractivity contribution >= 4 is 0 Å². The number of nitrogens with one attached hydrogen (secondary N) is 1. The van der Waals surface area contributed by atoms with Crippen LogP contribution in [-0.4, -0.2) is 46.8 Å². The first-order chi connectivity index (χ1) is 8.79. The van der Waals surface area contributed by atoms with Gasteiger partial charge < -0.3 is 10.4 Å². The topological polar surface area (TPSA) is 35.5 Å². The lowest BCUT2D eigenvalue weighted by molar-refractivity contribution is -0.0231. The highest BCUT2D eigenvalue weighted by Crippen LogP contribution is 2.23. The number of β-amino-alcohol motifs (C(OH)–C–C–N with tert-alkyl or cyclic N) is 1. The molecule has 0 amide bonds. The SMILES string of the molecule is CCC(O)(CC)CN1CCCCC1CNC(C)(C)C. The Bertz CT molecular complexity index is 256. The number of piperidine rings is 1. The fourth-order valence-electron chi connectivity index (χ4n) is 2.77. The Labute approximate surface area is 119 Å². The van der Waals surface area contributed by atoms with Crippen molar-refractivity contribution in [1.29, 1.82) is 0 Å². The molecular weight excluding hydrogens is 236 g/mol. The second kappa shape index (κ2) is 7.05. The molecule has 2 N–H and O–H groups in total. The van der Waals surface area contributed by atoms with Crippen LogP contribution >= 0.6 is 0 Å². The van der Waals surface area contributed by atoms with E-state index in [1.54, 1.807) is 0 Å². The van der Waals surface area contributed by atoms with Gasteiger partial charge in [0.25, 0.3) is 0 Å². The minimum absolute atomic E-state index is 0.176. The number of nitrogens with zero attached hydrogens (tertiary/aromatic N) is 1. The molecule has 0 radical (unpaired) electrons. The number of hydrogen-bond donors (Lipinski definition) is 2. The molecule has 0 saturated carbocycles. The summed E-state index contributed by atoms with van der Waals surface area (Å²) in [6.45, 7) is 13.8. The van der Waals surface area contributed by atoms with Gasteiger partial charge in [0.05, 0.1) is 5.60 Å². The van der Waals surface area contributed by atoms with Crippen molar-refractivity contribution < 1.29 is 5.11 Å². The first-order valence-electron chi connectivity index (χ1n) is 8.01. The zero-order chi connectivity index (χ0) is 14.5. The van der Waals surface area contributed by atoms with Gasteiger partial charge >= 0.3 is 0 Å². The van der Waals surface area contributed by atoms with Crippen LogP contribution in [0.15, 0.2) is 0 Å². The molecule has 1 saturated heterocycles. The third kappa shape index (κ3) is 5.80. The molecule has 0 aliphatic carbocycles. The maximum absolute atomic E-state index is 10.6. The highest BCUT2D eigenvalue weighted by Gasteiger charge is 2.31. The van der Waals surface area contributed by atoms with Crippen LogP contribution in [-0.2, 0) is 0 Å². The van der Waals surface area contributed by atoms with Crippen molar-refractivity contribution in [3.05, 3.63) is 0 Å². The number of hydrogen-bond acceptors (Lipinski definition) is 3. The molecule has 3 heteroatoms. The van der Waals surface area contributed by atoms with Crippen LogP contribution in [0.5, 0.6) is 0 Å². The van der Waals surface area contributed by atoms with Gasteiger partial charge in [0, 0.05) is 24.7 Å². The van der Waals surface area contributed by atoms with E-state index < -0.39 is 5.60 Å². The predicted molar refractivity (Wildman–Crippen MR) is 82.5 cm³/mol. The van der Waals surface area contributed by atoms with Crippen LogP contribution in [0.2, 0.25) is 0 Å². The monoisotopic (exact) mass is 270 g/mol.